The maximum absolute atomic E-state index is 11.0. The van der Waals surface area contributed by atoms with Gasteiger partial charge < -0.3 is 15.3 Å². The van der Waals surface area contributed by atoms with Gasteiger partial charge >= 0.3 is 0 Å². The molecule has 1 aliphatic heterocycles. The fraction of sp³-hybridized carbons (Fsp3) is 0.571. The predicted molar refractivity (Wildman–Crippen MR) is 73.9 cm³/mol. The maximum Gasteiger partial charge on any atom is 0.217 e. The van der Waals surface area contributed by atoms with E-state index in [4.69, 9.17) is 0 Å². The van der Waals surface area contributed by atoms with Gasteiger partial charge in [-0.25, -0.2) is 4.98 Å². The van der Waals surface area contributed by atoms with Gasteiger partial charge in [0.1, 0.15) is 5.82 Å². The largest absolute Gasteiger partial charge is 0.389 e. The Kier molecular flexibility index (Phi) is 4.37. The molecule has 5 heteroatoms. The van der Waals surface area contributed by atoms with Gasteiger partial charge in [0.25, 0.3) is 0 Å². The van der Waals surface area contributed by atoms with Gasteiger partial charge in [0.2, 0.25) is 5.91 Å². The predicted octanol–water partition coefficient (Wildman–Crippen LogP) is 1.24. The van der Waals surface area contributed by atoms with Gasteiger partial charge in [-0.15, -0.1) is 0 Å². The van der Waals surface area contributed by atoms with Crippen molar-refractivity contribution in [1.82, 2.24) is 10.3 Å². The smallest absolute Gasteiger partial charge is 0.217 e. The highest BCUT2D eigenvalue weighted by atomic mass is 16.3. The van der Waals surface area contributed by atoms with Crippen molar-refractivity contribution >= 4 is 11.7 Å². The van der Waals surface area contributed by atoms with E-state index in [0.717, 1.165) is 37.3 Å². The van der Waals surface area contributed by atoms with Crippen molar-refractivity contribution in [2.75, 3.05) is 18.0 Å². The van der Waals surface area contributed by atoms with Crippen LogP contribution in [0.4, 0.5) is 5.82 Å². The molecule has 1 saturated heterocycles. The van der Waals surface area contributed by atoms with E-state index >= 15 is 0 Å². The van der Waals surface area contributed by atoms with Crippen molar-refractivity contribution in [3.05, 3.63) is 23.9 Å². The lowest BCUT2D eigenvalue weighted by atomic mass is 10.0. The number of pyridine rings is 1. The third-order valence-corrected chi connectivity index (χ3v) is 3.47. The van der Waals surface area contributed by atoms with Gasteiger partial charge in [-0.3, -0.25) is 4.79 Å². The van der Waals surface area contributed by atoms with E-state index in [0.29, 0.717) is 0 Å². The Hall–Kier alpha value is -1.62. The molecule has 2 N–H and O–H groups in total. The van der Waals surface area contributed by atoms with Gasteiger partial charge in [0, 0.05) is 37.8 Å². The Bertz CT molecular complexity index is 440. The lowest BCUT2D eigenvalue weighted by Crippen LogP contribution is -2.44. The first-order chi connectivity index (χ1) is 9.08. The number of aliphatic hydroxyl groups excluding tert-OH is 1. The van der Waals surface area contributed by atoms with Crippen LogP contribution in [-0.2, 0) is 4.79 Å². The van der Waals surface area contributed by atoms with Crippen molar-refractivity contribution in [2.45, 2.75) is 38.8 Å². The summed E-state index contributed by atoms with van der Waals surface area (Å²) in [6, 6.07) is 4.01. The minimum absolute atomic E-state index is 0.0287. The molecule has 0 spiro atoms. The fourth-order valence-electron chi connectivity index (χ4n) is 2.52. The Morgan fingerprint density at radius 2 is 2.21 bits per heavy atom. The Morgan fingerprint density at radius 3 is 2.79 bits per heavy atom. The number of aromatic nitrogens is 1. The molecule has 1 fully saturated rings. The Morgan fingerprint density at radius 1 is 1.53 bits per heavy atom. The summed E-state index contributed by atoms with van der Waals surface area (Å²) in [5, 5.41) is 12.7. The molecular formula is C14H21N3O2. The third kappa shape index (κ3) is 3.44. The van der Waals surface area contributed by atoms with E-state index in [-0.39, 0.29) is 11.9 Å². The zero-order chi connectivity index (χ0) is 13.8. The second-order valence-corrected chi connectivity index (χ2v) is 5.05. The van der Waals surface area contributed by atoms with Gasteiger partial charge in [-0.2, -0.15) is 0 Å². The second-order valence-electron chi connectivity index (χ2n) is 5.05. The molecule has 2 rings (SSSR count). The normalized spacial score (nSPS) is 18.2. The first-order valence-electron chi connectivity index (χ1n) is 6.73. The van der Waals surface area contributed by atoms with E-state index < -0.39 is 6.10 Å². The number of carbonyl (C=O) groups excluding carboxylic acids is 1. The van der Waals surface area contributed by atoms with E-state index in [1.165, 1.54) is 0 Å². The average Bonchev–Trinajstić information content (AvgIpc) is 2.39. The summed E-state index contributed by atoms with van der Waals surface area (Å²) in [5.41, 5.74) is 0.862. The van der Waals surface area contributed by atoms with Crippen LogP contribution in [0, 0.1) is 0 Å². The second kappa shape index (κ2) is 6.02. The van der Waals surface area contributed by atoms with E-state index in [1.54, 1.807) is 20.0 Å². The lowest BCUT2D eigenvalue weighted by molar-refractivity contribution is -0.119. The fourth-order valence-corrected chi connectivity index (χ4v) is 2.52. The summed E-state index contributed by atoms with van der Waals surface area (Å²) in [7, 11) is 0. The molecule has 1 unspecified atom stereocenters. The molecule has 1 atom stereocenters. The van der Waals surface area contributed by atoms with Crippen LogP contribution in [0.15, 0.2) is 18.3 Å². The number of hydrogen-bond acceptors (Lipinski definition) is 4. The van der Waals surface area contributed by atoms with Crippen molar-refractivity contribution in [3.8, 4) is 0 Å². The zero-order valence-corrected chi connectivity index (χ0v) is 11.5. The molecule has 2 heterocycles. The number of nitrogens with zero attached hydrogens (tertiary/aromatic N) is 2. The van der Waals surface area contributed by atoms with Gasteiger partial charge in [0.05, 0.1) is 6.10 Å². The highest BCUT2D eigenvalue weighted by Gasteiger charge is 2.23. The molecule has 0 radical (unpaired) electrons. The monoisotopic (exact) mass is 263 g/mol. The first-order valence-corrected chi connectivity index (χ1v) is 6.73. The van der Waals surface area contributed by atoms with E-state index in [1.807, 2.05) is 12.1 Å². The molecule has 1 aromatic rings. The molecular weight excluding hydrogens is 242 g/mol. The number of hydrogen-bond donors (Lipinski definition) is 2. The summed E-state index contributed by atoms with van der Waals surface area (Å²) < 4.78 is 0. The SMILES string of the molecule is CC(=O)NC1CCN(c2ncccc2C(C)O)CC1. The van der Waals surface area contributed by atoms with E-state index in [2.05, 4.69) is 15.2 Å². The van der Waals surface area contributed by atoms with Crippen LogP contribution in [0.5, 0.6) is 0 Å². The number of carbonyl (C=O) groups is 1. The quantitative estimate of drug-likeness (QED) is 0.861. The van der Waals surface area contributed by atoms with Gasteiger partial charge in [0.15, 0.2) is 0 Å². The van der Waals surface area contributed by atoms with Crippen LogP contribution in [0.2, 0.25) is 0 Å². The molecule has 0 aromatic carbocycles. The van der Waals surface area contributed by atoms with E-state index in [9.17, 15) is 9.90 Å². The van der Waals surface area contributed by atoms with Gasteiger partial charge in [-0.05, 0) is 25.8 Å². The molecule has 5 nitrogen and oxygen atoms in total. The number of aliphatic hydroxyl groups is 1. The number of rotatable bonds is 3. The minimum atomic E-state index is -0.517. The van der Waals surface area contributed by atoms with Crippen molar-refractivity contribution < 1.29 is 9.90 Å². The van der Waals surface area contributed by atoms with Crippen LogP contribution in [0.3, 0.4) is 0 Å². The molecule has 0 bridgehead atoms. The van der Waals surface area contributed by atoms with Crippen LogP contribution in [0.1, 0.15) is 38.4 Å². The number of anilines is 1. The summed E-state index contributed by atoms with van der Waals surface area (Å²) in [4.78, 5) is 17.6. The topological polar surface area (TPSA) is 65.5 Å². The zero-order valence-electron chi connectivity index (χ0n) is 11.5. The summed E-state index contributed by atoms with van der Waals surface area (Å²) in [5.74, 6) is 0.889. The molecule has 0 aliphatic carbocycles. The minimum Gasteiger partial charge on any atom is -0.389 e. The molecule has 104 valence electrons. The maximum atomic E-state index is 11.0. The molecule has 19 heavy (non-hydrogen) atoms. The van der Waals surface area contributed by atoms with Crippen LogP contribution in [0.25, 0.3) is 0 Å². The molecule has 0 saturated carbocycles. The highest BCUT2D eigenvalue weighted by Crippen LogP contribution is 2.26. The average molecular weight is 263 g/mol. The first kappa shape index (κ1) is 13.8. The van der Waals surface area contributed by atoms with Crippen molar-refractivity contribution in [2.24, 2.45) is 0 Å². The van der Waals surface area contributed by atoms with Gasteiger partial charge in [-0.1, -0.05) is 6.07 Å². The summed E-state index contributed by atoms with van der Waals surface area (Å²) >= 11 is 0. The van der Waals surface area contributed by atoms with Crippen LogP contribution < -0.4 is 10.2 Å². The van der Waals surface area contributed by atoms with Crippen molar-refractivity contribution in [3.63, 3.8) is 0 Å². The lowest BCUT2D eigenvalue weighted by Gasteiger charge is -2.34. The molecule has 1 amide bonds. The number of nitrogens with one attached hydrogen (secondary N) is 1. The molecule has 1 aromatic heterocycles. The third-order valence-electron chi connectivity index (χ3n) is 3.47. The summed E-state index contributed by atoms with van der Waals surface area (Å²) in [6.07, 6.45) is 3.06. The molecule has 1 aliphatic rings. The Balaban J connectivity index is 2.03. The van der Waals surface area contributed by atoms with Crippen molar-refractivity contribution in [1.29, 1.82) is 0 Å². The van der Waals surface area contributed by atoms with Crippen LogP contribution >= 0.6 is 0 Å². The number of piperidine rings is 1. The number of amides is 1. The standard InChI is InChI=1S/C14H21N3O2/c1-10(18)13-4-3-7-15-14(13)17-8-5-12(6-9-17)16-11(2)19/h3-4,7,10,12,18H,5-6,8-9H2,1-2H3,(H,16,19). The van der Waals surface area contributed by atoms with Crippen LogP contribution in [-0.4, -0.2) is 35.1 Å². The summed E-state index contributed by atoms with van der Waals surface area (Å²) in [6.45, 7) is 5.00. The Labute approximate surface area is 113 Å². The highest BCUT2D eigenvalue weighted by molar-refractivity contribution is 5.73.